The number of guanidine groups is 1. The molecule has 1 N–H and O–H groups in total. The molecule has 3 rings (SSSR count). The minimum atomic E-state index is 0. The number of nitrogens with zero attached hydrogens (tertiary/aromatic N) is 3. The molecule has 0 saturated carbocycles. The van der Waals surface area contributed by atoms with Crippen LogP contribution in [-0.2, 0) is 16.0 Å². The van der Waals surface area contributed by atoms with Crippen LogP contribution in [0.3, 0.4) is 0 Å². The molecule has 1 fully saturated rings. The molecule has 0 bridgehead atoms. The van der Waals surface area contributed by atoms with Crippen molar-refractivity contribution >= 4 is 29.9 Å². The van der Waals surface area contributed by atoms with Crippen LogP contribution in [0.5, 0.6) is 5.88 Å². The SMILES string of the molecule is CCNC(=NCc1ccc(OCCOC)nc1)N1CCOC(c2ccccc2C)C1.I. The number of morpholine rings is 1. The number of hydrogen-bond donors (Lipinski definition) is 1. The summed E-state index contributed by atoms with van der Waals surface area (Å²) in [6, 6.07) is 12.3. The van der Waals surface area contributed by atoms with Crippen LogP contribution in [0.1, 0.15) is 29.7 Å². The zero-order valence-electron chi connectivity index (χ0n) is 18.5. The normalized spacial score (nSPS) is 16.5. The lowest BCUT2D eigenvalue weighted by molar-refractivity contribution is -0.00834. The van der Waals surface area contributed by atoms with E-state index in [9.17, 15) is 0 Å². The third-order valence-electron chi connectivity index (χ3n) is 4.98. The second kappa shape index (κ2) is 13.5. The van der Waals surface area contributed by atoms with E-state index in [1.807, 2.05) is 18.3 Å². The Morgan fingerprint density at radius 2 is 2.10 bits per heavy atom. The Balaban J connectivity index is 0.00000341. The molecular formula is C23H33IN4O3. The quantitative estimate of drug-likeness (QED) is 0.239. The minimum absolute atomic E-state index is 0. The van der Waals surface area contributed by atoms with Crippen LogP contribution in [-0.4, -0.2) is 62.4 Å². The number of methoxy groups -OCH3 is 1. The van der Waals surface area contributed by atoms with E-state index in [0.29, 0.717) is 32.2 Å². The first-order valence-corrected chi connectivity index (χ1v) is 10.5. The van der Waals surface area contributed by atoms with E-state index in [4.69, 9.17) is 19.2 Å². The lowest BCUT2D eigenvalue weighted by atomic mass is 10.0. The number of aliphatic imine (C=N–C) groups is 1. The van der Waals surface area contributed by atoms with Crippen LogP contribution in [0, 0.1) is 6.92 Å². The molecule has 0 radical (unpaired) electrons. The first-order valence-electron chi connectivity index (χ1n) is 10.5. The predicted octanol–water partition coefficient (Wildman–Crippen LogP) is 3.57. The zero-order valence-corrected chi connectivity index (χ0v) is 20.9. The van der Waals surface area contributed by atoms with Gasteiger partial charge >= 0.3 is 0 Å². The number of ether oxygens (including phenoxy) is 3. The summed E-state index contributed by atoms with van der Waals surface area (Å²) in [7, 11) is 1.65. The van der Waals surface area contributed by atoms with Crippen LogP contribution in [0.15, 0.2) is 47.6 Å². The van der Waals surface area contributed by atoms with Gasteiger partial charge in [-0.05, 0) is 30.5 Å². The van der Waals surface area contributed by atoms with Gasteiger partial charge in [-0.2, -0.15) is 0 Å². The molecule has 1 saturated heterocycles. The highest BCUT2D eigenvalue weighted by atomic mass is 127. The van der Waals surface area contributed by atoms with Gasteiger partial charge in [0.1, 0.15) is 12.7 Å². The summed E-state index contributed by atoms with van der Waals surface area (Å²) in [4.78, 5) is 11.5. The number of nitrogens with one attached hydrogen (secondary N) is 1. The van der Waals surface area contributed by atoms with E-state index >= 15 is 0 Å². The van der Waals surface area contributed by atoms with Crippen molar-refractivity contribution in [3.63, 3.8) is 0 Å². The molecule has 0 spiro atoms. The van der Waals surface area contributed by atoms with Gasteiger partial charge in [0.05, 0.1) is 26.3 Å². The van der Waals surface area contributed by atoms with Crippen LogP contribution in [0.25, 0.3) is 0 Å². The van der Waals surface area contributed by atoms with E-state index in [1.165, 1.54) is 11.1 Å². The lowest BCUT2D eigenvalue weighted by Gasteiger charge is -2.35. The molecule has 1 aliphatic rings. The number of aromatic nitrogens is 1. The van der Waals surface area contributed by atoms with Crippen molar-refractivity contribution in [2.24, 2.45) is 4.99 Å². The van der Waals surface area contributed by atoms with E-state index in [2.05, 4.69) is 53.3 Å². The maximum absolute atomic E-state index is 6.06. The molecule has 0 aliphatic carbocycles. The highest BCUT2D eigenvalue weighted by Gasteiger charge is 2.25. The average molecular weight is 540 g/mol. The molecule has 170 valence electrons. The van der Waals surface area contributed by atoms with E-state index in [1.54, 1.807) is 7.11 Å². The van der Waals surface area contributed by atoms with Crippen LogP contribution in [0.4, 0.5) is 0 Å². The number of benzene rings is 1. The van der Waals surface area contributed by atoms with Crippen LogP contribution >= 0.6 is 24.0 Å². The van der Waals surface area contributed by atoms with Gasteiger partial charge in [-0.15, -0.1) is 24.0 Å². The Bertz CT molecular complexity index is 817. The van der Waals surface area contributed by atoms with Crippen LogP contribution < -0.4 is 10.1 Å². The molecule has 1 unspecified atom stereocenters. The Kier molecular flexibility index (Phi) is 11.0. The van der Waals surface area contributed by atoms with Gasteiger partial charge < -0.3 is 24.4 Å². The van der Waals surface area contributed by atoms with Gasteiger partial charge in [0, 0.05) is 32.5 Å². The van der Waals surface area contributed by atoms with Gasteiger partial charge in [-0.25, -0.2) is 9.98 Å². The topological polar surface area (TPSA) is 68.2 Å². The van der Waals surface area contributed by atoms with Crippen molar-refractivity contribution in [2.45, 2.75) is 26.5 Å². The molecule has 8 heteroatoms. The molecule has 2 aromatic rings. The number of rotatable bonds is 8. The Hall–Kier alpha value is -1.91. The number of pyridine rings is 1. The summed E-state index contributed by atoms with van der Waals surface area (Å²) in [5, 5.41) is 3.42. The Morgan fingerprint density at radius 1 is 1.26 bits per heavy atom. The fourth-order valence-corrected chi connectivity index (χ4v) is 3.39. The average Bonchev–Trinajstić information content (AvgIpc) is 2.78. The lowest BCUT2D eigenvalue weighted by Crippen LogP contribution is -2.48. The molecule has 0 amide bonds. The van der Waals surface area contributed by atoms with Crippen molar-refractivity contribution in [1.82, 2.24) is 15.2 Å². The standard InChI is InChI=1S/C23H32N4O3.HI/c1-4-24-23(26-16-19-9-10-22(25-15-19)30-14-13-28-3)27-11-12-29-21(17-27)20-8-6-5-7-18(20)2;/h5-10,15,21H,4,11-14,16-17H2,1-3H3,(H,24,26);1H. The minimum Gasteiger partial charge on any atom is -0.475 e. The Labute approximate surface area is 202 Å². The second-order valence-electron chi connectivity index (χ2n) is 7.18. The third kappa shape index (κ3) is 7.62. The maximum Gasteiger partial charge on any atom is 0.213 e. The van der Waals surface area contributed by atoms with Crippen molar-refractivity contribution in [3.8, 4) is 5.88 Å². The smallest absolute Gasteiger partial charge is 0.213 e. The molecule has 1 aliphatic heterocycles. The number of halogens is 1. The van der Waals surface area contributed by atoms with E-state index in [0.717, 1.165) is 31.2 Å². The summed E-state index contributed by atoms with van der Waals surface area (Å²) in [5.74, 6) is 1.50. The van der Waals surface area contributed by atoms with Crippen molar-refractivity contribution in [3.05, 3.63) is 59.3 Å². The van der Waals surface area contributed by atoms with Gasteiger partial charge in [0.2, 0.25) is 5.88 Å². The fraction of sp³-hybridized carbons (Fsp3) is 0.478. The highest BCUT2D eigenvalue weighted by molar-refractivity contribution is 14.0. The van der Waals surface area contributed by atoms with E-state index in [-0.39, 0.29) is 30.1 Å². The van der Waals surface area contributed by atoms with Crippen molar-refractivity contribution in [2.75, 3.05) is 46.6 Å². The summed E-state index contributed by atoms with van der Waals surface area (Å²) in [6.45, 7) is 8.90. The first kappa shape index (κ1) is 25.4. The van der Waals surface area contributed by atoms with Crippen LogP contribution in [0.2, 0.25) is 0 Å². The molecule has 7 nitrogen and oxygen atoms in total. The predicted molar refractivity (Wildman–Crippen MR) is 133 cm³/mol. The summed E-state index contributed by atoms with van der Waals surface area (Å²) >= 11 is 0. The van der Waals surface area contributed by atoms with Crippen molar-refractivity contribution < 1.29 is 14.2 Å². The zero-order chi connectivity index (χ0) is 21.2. The first-order chi connectivity index (χ1) is 14.7. The molecule has 1 aromatic carbocycles. The molecular weight excluding hydrogens is 507 g/mol. The van der Waals surface area contributed by atoms with Gasteiger partial charge in [0.15, 0.2) is 5.96 Å². The fourth-order valence-electron chi connectivity index (χ4n) is 3.39. The maximum atomic E-state index is 6.06. The molecule has 2 heterocycles. The number of hydrogen-bond acceptors (Lipinski definition) is 5. The molecule has 31 heavy (non-hydrogen) atoms. The summed E-state index contributed by atoms with van der Waals surface area (Å²) in [5.41, 5.74) is 3.53. The second-order valence-corrected chi connectivity index (χ2v) is 7.18. The van der Waals surface area contributed by atoms with Gasteiger partial charge in [-0.3, -0.25) is 0 Å². The largest absolute Gasteiger partial charge is 0.475 e. The van der Waals surface area contributed by atoms with E-state index < -0.39 is 0 Å². The van der Waals surface area contributed by atoms with Gasteiger partial charge in [0.25, 0.3) is 0 Å². The Morgan fingerprint density at radius 3 is 2.81 bits per heavy atom. The third-order valence-corrected chi connectivity index (χ3v) is 4.98. The number of aryl methyl sites for hydroxylation is 1. The summed E-state index contributed by atoms with van der Waals surface area (Å²) in [6.07, 6.45) is 1.86. The molecule has 1 atom stereocenters. The summed E-state index contributed by atoms with van der Waals surface area (Å²) < 4.78 is 16.6. The molecule has 1 aromatic heterocycles. The van der Waals surface area contributed by atoms with Crippen molar-refractivity contribution in [1.29, 1.82) is 0 Å². The monoisotopic (exact) mass is 540 g/mol. The van der Waals surface area contributed by atoms with Gasteiger partial charge in [-0.1, -0.05) is 30.3 Å². The highest BCUT2D eigenvalue weighted by Crippen LogP contribution is 2.25.